The lowest BCUT2D eigenvalue weighted by atomic mass is 9.81. The molecule has 0 saturated heterocycles. The maximum Gasteiger partial charge on any atom is 0.0270 e. The summed E-state index contributed by atoms with van der Waals surface area (Å²) in [6, 6.07) is 6.20. The van der Waals surface area contributed by atoms with Gasteiger partial charge in [0.1, 0.15) is 0 Å². The van der Waals surface area contributed by atoms with Gasteiger partial charge in [-0.05, 0) is 12.1 Å². The molecule has 0 aliphatic heterocycles. The molecule has 0 N–H and O–H groups in total. The van der Waals surface area contributed by atoms with Gasteiger partial charge in [0, 0.05) is 11.9 Å². The SMILES string of the molecule is CC1[CH-]C(c2ccccn2)CCC1. The van der Waals surface area contributed by atoms with Crippen LogP contribution in [0.25, 0.3) is 0 Å². The van der Waals surface area contributed by atoms with E-state index in [0.29, 0.717) is 5.92 Å². The molecule has 0 bridgehead atoms. The van der Waals surface area contributed by atoms with Gasteiger partial charge >= 0.3 is 0 Å². The standard InChI is InChI=1S/C12H16N/c1-10-5-4-6-11(9-10)12-7-2-3-8-13-12/h2-3,7-11H,4-6H2,1H3/q-1. The van der Waals surface area contributed by atoms with Crippen molar-refractivity contribution in [1.82, 2.24) is 4.98 Å². The molecule has 1 aliphatic carbocycles. The average Bonchev–Trinajstić information content (AvgIpc) is 2.19. The third kappa shape index (κ3) is 2.09. The van der Waals surface area contributed by atoms with Crippen LogP contribution in [0.15, 0.2) is 24.4 Å². The van der Waals surface area contributed by atoms with E-state index in [9.17, 15) is 0 Å². The molecule has 1 aliphatic rings. The highest BCUT2D eigenvalue weighted by Gasteiger charge is 2.11. The van der Waals surface area contributed by atoms with E-state index in [1.54, 1.807) is 0 Å². The van der Waals surface area contributed by atoms with Crippen LogP contribution in [-0.2, 0) is 0 Å². The highest BCUT2D eigenvalue weighted by Crippen LogP contribution is 2.33. The topological polar surface area (TPSA) is 12.9 Å². The summed E-state index contributed by atoms with van der Waals surface area (Å²) < 4.78 is 0. The Morgan fingerprint density at radius 3 is 3.00 bits per heavy atom. The molecule has 2 unspecified atom stereocenters. The normalized spacial score (nSPS) is 28.7. The molecule has 0 aromatic carbocycles. The highest BCUT2D eigenvalue weighted by atomic mass is 14.7. The molecule has 0 amide bonds. The van der Waals surface area contributed by atoms with Gasteiger partial charge in [0.25, 0.3) is 0 Å². The molecule has 1 heteroatoms. The van der Waals surface area contributed by atoms with Crippen LogP contribution >= 0.6 is 0 Å². The van der Waals surface area contributed by atoms with Gasteiger partial charge < -0.3 is 6.42 Å². The van der Waals surface area contributed by atoms with E-state index in [0.717, 1.165) is 5.92 Å². The predicted octanol–water partition coefficient (Wildman–Crippen LogP) is 3.19. The number of hydrogen-bond donors (Lipinski definition) is 0. The van der Waals surface area contributed by atoms with E-state index in [2.05, 4.69) is 30.5 Å². The minimum atomic E-state index is 0.602. The molecule has 70 valence electrons. The summed E-state index contributed by atoms with van der Waals surface area (Å²) in [5.74, 6) is 1.37. The molecule has 0 radical (unpaired) electrons. The monoisotopic (exact) mass is 174 g/mol. The molecule has 1 aromatic rings. The first-order chi connectivity index (χ1) is 6.36. The van der Waals surface area contributed by atoms with Gasteiger partial charge in [-0.2, -0.15) is 5.92 Å². The van der Waals surface area contributed by atoms with Crippen molar-refractivity contribution in [3.05, 3.63) is 36.5 Å². The Morgan fingerprint density at radius 2 is 2.31 bits per heavy atom. The van der Waals surface area contributed by atoms with Crippen LogP contribution in [0.1, 0.15) is 37.8 Å². The Morgan fingerprint density at radius 1 is 1.38 bits per heavy atom. The minimum Gasteiger partial charge on any atom is -0.317 e. The zero-order chi connectivity index (χ0) is 9.10. The smallest absolute Gasteiger partial charge is 0.0270 e. The number of rotatable bonds is 1. The van der Waals surface area contributed by atoms with Crippen LogP contribution in [0.3, 0.4) is 0 Å². The maximum atomic E-state index is 4.41. The summed E-state index contributed by atoms with van der Waals surface area (Å²) in [6.45, 7) is 2.30. The zero-order valence-electron chi connectivity index (χ0n) is 8.11. The van der Waals surface area contributed by atoms with Gasteiger partial charge in [-0.1, -0.05) is 32.3 Å². The van der Waals surface area contributed by atoms with Crippen molar-refractivity contribution in [3.8, 4) is 0 Å². The fourth-order valence-electron chi connectivity index (χ4n) is 2.09. The third-order valence-electron chi connectivity index (χ3n) is 2.80. The maximum absolute atomic E-state index is 4.41. The van der Waals surface area contributed by atoms with Crippen molar-refractivity contribution in [2.75, 3.05) is 0 Å². The Hall–Kier alpha value is -0.850. The predicted molar refractivity (Wildman–Crippen MR) is 54.3 cm³/mol. The number of pyridine rings is 1. The average molecular weight is 174 g/mol. The fraction of sp³-hybridized carbons (Fsp3) is 0.500. The quantitative estimate of drug-likeness (QED) is 0.596. The zero-order valence-corrected chi connectivity index (χ0v) is 8.11. The summed E-state index contributed by atoms with van der Waals surface area (Å²) in [6.07, 6.45) is 8.32. The third-order valence-corrected chi connectivity index (χ3v) is 2.80. The summed E-state index contributed by atoms with van der Waals surface area (Å²) in [4.78, 5) is 4.41. The molecule has 0 spiro atoms. The molecule has 2 rings (SSSR count). The Labute approximate surface area is 80.2 Å². The van der Waals surface area contributed by atoms with Crippen molar-refractivity contribution in [1.29, 1.82) is 0 Å². The Kier molecular flexibility index (Phi) is 2.62. The van der Waals surface area contributed by atoms with Gasteiger partial charge in [0.2, 0.25) is 0 Å². The van der Waals surface area contributed by atoms with Gasteiger partial charge in [-0.15, -0.1) is 5.92 Å². The van der Waals surface area contributed by atoms with Crippen molar-refractivity contribution in [2.45, 2.75) is 32.1 Å². The van der Waals surface area contributed by atoms with Gasteiger partial charge in [0.15, 0.2) is 0 Å². The number of nitrogens with zero attached hydrogens (tertiary/aromatic N) is 1. The fourth-order valence-corrected chi connectivity index (χ4v) is 2.09. The Balaban J connectivity index is 2.08. The first-order valence-corrected chi connectivity index (χ1v) is 5.12. The largest absolute Gasteiger partial charge is 0.317 e. The van der Waals surface area contributed by atoms with E-state index in [4.69, 9.17) is 0 Å². The van der Waals surface area contributed by atoms with Gasteiger partial charge in [-0.25, -0.2) is 0 Å². The lowest BCUT2D eigenvalue weighted by molar-refractivity contribution is 0.432. The number of hydrogen-bond acceptors (Lipinski definition) is 1. The van der Waals surface area contributed by atoms with Crippen LogP contribution in [0.4, 0.5) is 0 Å². The summed E-state index contributed by atoms with van der Waals surface area (Å²) in [5.41, 5.74) is 1.24. The van der Waals surface area contributed by atoms with Crippen LogP contribution in [0, 0.1) is 12.3 Å². The van der Waals surface area contributed by atoms with E-state index in [1.165, 1.54) is 25.0 Å². The van der Waals surface area contributed by atoms with Crippen molar-refractivity contribution < 1.29 is 0 Å². The molecule has 1 nitrogen and oxygen atoms in total. The van der Waals surface area contributed by atoms with Crippen LogP contribution in [0.5, 0.6) is 0 Å². The van der Waals surface area contributed by atoms with E-state index in [-0.39, 0.29) is 0 Å². The van der Waals surface area contributed by atoms with Crippen molar-refractivity contribution in [3.63, 3.8) is 0 Å². The van der Waals surface area contributed by atoms with Gasteiger partial charge in [0.05, 0.1) is 0 Å². The van der Waals surface area contributed by atoms with E-state index >= 15 is 0 Å². The molecular weight excluding hydrogens is 158 g/mol. The van der Waals surface area contributed by atoms with Gasteiger partial charge in [-0.3, -0.25) is 4.98 Å². The van der Waals surface area contributed by atoms with E-state index < -0.39 is 0 Å². The second-order valence-corrected chi connectivity index (χ2v) is 3.96. The first-order valence-electron chi connectivity index (χ1n) is 5.12. The second kappa shape index (κ2) is 3.91. The lowest BCUT2D eigenvalue weighted by Crippen LogP contribution is -2.13. The van der Waals surface area contributed by atoms with Crippen LogP contribution in [-0.4, -0.2) is 4.98 Å². The Bertz CT molecular complexity index is 255. The molecule has 1 fully saturated rings. The van der Waals surface area contributed by atoms with Crippen molar-refractivity contribution >= 4 is 0 Å². The lowest BCUT2D eigenvalue weighted by Gasteiger charge is -2.36. The van der Waals surface area contributed by atoms with Crippen molar-refractivity contribution in [2.24, 2.45) is 5.92 Å². The highest BCUT2D eigenvalue weighted by molar-refractivity contribution is 5.14. The second-order valence-electron chi connectivity index (χ2n) is 3.96. The van der Waals surface area contributed by atoms with Crippen LogP contribution in [0.2, 0.25) is 0 Å². The summed E-state index contributed by atoms with van der Waals surface area (Å²) >= 11 is 0. The molecule has 1 heterocycles. The number of aromatic nitrogens is 1. The molecule has 13 heavy (non-hydrogen) atoms. The first kappa shape index (κ1) is 8.74. The minimum absolute atomic E-state index is 0.602. The molecular formula is C12H16N-. The summed E-state index contributed by atoms with van der Waals surface area (Å²) in [7, 11) is 0. The molecule has 2 atom stereocenters. The molecule has 1 saturated carbocycles. The van der Waals surface area contributed by atoms with Crippen LogP contribution < -0.4 is 0 Å². The molecule has 1 aromatic heterocycles. The van der Waals surface area contributed by atoms with E-state index in [1.807, 2.05) is 12.3 Å². The summed E-state index contributed by atoms with van der Waals surface area (Å²) in [5, 5.41) is 0.